The lowest BCUT2D eigenvalue weighted by Gasteiger charge is -2.21. The quantitative estimate of drug-likeness (QED) is 0.234. The molecule has 0 bridgehead atoms. The number of nitrogens with one attached hydrogen (secondary N) is 2. The molecule has 1 aromatic heterocycles. The topological polar surface area (TPSA) is 125 Å². The highest BCUT2D eigenvalue weighted by Gasteiger charge is 2.29. The van der Waals surface area contributed by atoms with E-state index < -0.39 is 23.7 Å². The fraction of sp³-hybridized carbons (Fsp3) is 0.148. The van der Waals surface area contributed by atoms with Crippen LogP contribution in [0.15, 0.2) is 72.9 Å². The lowest BCUT2D eigenvalue weighted by atomic mass is 9.89. The first kappa shape index (κ1) is 22.8. The molecule has 0 aliphatic carbocycles. The zero-order valence-corrected chi connectivity index (χ0v) is 18.7. The van der Waals surface area contributed by atoms with Gasteiger partial charge in [-0.3, -0.25) is 9.59 Å². The van der Waals surface area contributed by atoms with Gasteiger partial charge in [0.25, 0.3) is 5.91 Å². The van der Waals surface area contributed by atoms with Crippen LogP contribution in [0.25, 0.3) is 10.9 Å². The molecule has 0 aliphatic rings. The predicted molar refractivity (Wildman–Crippen MR) is 131 cm³/mol. The number of H-pyrrole nitrogens is 1. The van der Waals surface area contributed by atoms with Crippen molar-refractivity contribution in [3.8, 4) is 0 Å². The molecule has 4 aromatic rings. The smallest absolute Gasteiger partial charge is 0.335 e. The Balaban J connectivity index is 1.78. The monoisotopic (exact) mass is 455 g/mol. The van der Waals surface area contributed by atoms with Gasteiger partial charge in [-0.1, -0.05) is 43.3 Å². The number of Topliss-reactive ketones (excluding diaryl/α,β-unsaturated/α-hetero) is 1. The molecule has 0 saturated heterocycles. The van der Waals surface area contributed by atoms with Crippen LogP contribution in [0.2, 0.25) is 0 Å². The molecule has 0 saturated carbocycles. The summed E-state index contributed by atoms with van der Waals surface area (Å²) in [5, 5.41) is 13.4. The molecule has 1 atom stereocenters. The van der Waals surface area contributed by atoms with Gasteiger partial charge in [0.05, 0.1) is 11.6 Å². The molecule has 0 spiro atoms. The number of carboxylic acids is 1. The first-order chi connectivity index (χ1) is 16.4. The number of nitrogens with two attached hydrogens (primary N) is 1. The average Bonchev–Trinajstić information content (AvgIpc) is 3.26. The van der Waals surface area contributed by atoms with Crippen LogP contribution < -0.4 is 11.1 Å². The molecule has 34 heavy (non-hydrogen) atoms. The van der Waals surface area contributed by atoms with Crippen LogP contribution in [0.4, 0.5) is 5.69 Å². The Hall–Kier alpha value is -4.39. The van der Waals surface area contributed by atoms with Crippen molar-refractivity contribution in [2.45, 2.75) is 25.8 Å². The third kappa shape index (κ3) is 4.41. The van der Waals surface area contributed by atoms with Crippen molar-refractivity contribution in [1.82, 2.24) is 10.3 Å². The van der Waals surface area contributed by atoms with E-state index in [1.807, 2.05) is 30.5 Å². The number of para-hydroxylation sites is 1. The molecule has 4 rings (SSSR count). The summed E-state index contributed by atoms with van der Waals surface area (Å²) in [6.07, 6.45) is 2.33. The van der Waals surface area contributed by atoms with Crippen molar-refractivity contribution in [2.75, 3.05) is 5.73 Å². The second kappa shape index (κ2) is 9.62. The normalized spacial score (nSPS) is 11.8. The lowest BCUT2D eigenvalue weighted by Crippen LogP contribution is -2.43. The molecule has 5 N–H and O–H groups in total. The Kier molecular flexibility index (Phi) is 6.45. The minimum atomic E-state index is -1.13. The number of carboxylic acid groups (broad SMARTS) is 1. The van der Waals surface area contributed by atoms with Gasteiger partial charge in [0, 0.05) is 40.3 Å². The summed E-state index contributed by atoms with van der Waals surface area (Å²) in [4.78, 5) is 41.8. The van der Waals surface area contributed by atoms with Gasteiger partial charge in [0.15, 0.2) is 5.78 Å². The van der Waals surface area contributed by atoms with Crippen molar-refractivity contribution in [3.05, 3.63) is 101 Å². The molecule has 0 unspecified atom stereocenters. The molecule has 0 radical (unpaired) electrons. The number of benzene rings is 3. The SMILES string of the molecule is CCc1c(C(=O)O)ccc(N)c1C(=O)[C@H](Cc1c[nH]c2ccccc12)NC(=O)c1ccccc1. The van der Waals surface area contributed by atoms with E-state index in [1.54, 1.807) is 37.3 Å². The Labute approximate surface area is 196 Å². The molecule has 7 heteroatoms. The molecule has 0 fully saturated rings. The number of nitrogen functional groups attached to an aromatic ring is 1. The number of fused-ring (bicyclic) bond motifs is 1. The van der Waals surface area contributed by atoms with Crippen molar-refractivity contribution in [1.29, 1.82) is 0 Å². The van der Waals surface area contributed by atoms with E-state index in [9.17, 15) is 19.5 Å². The zero-order valence-electron chi connectivity index (χ0n) is 18.7. The molecule has 1 amide bonds. The van der Waals surface area contributed by atoms with Crippen LogP contribution in [0.1, 0.15) is 49.1 Å². The summed E-state index contributed by atoms with van der Waals surface area (Å²) < 4.78 is 0. The minimum absolute atomic E-state index is 0.0280. The molecule has 0 aliphatic heterocycles. The molecular formula is C27H25N3O4. The van der Waals surface area contributed by atoms with Gasteiger partial charge in [-0.15, -0.1) is 0 Å². The minimum Gasteiger partial charge on any atom is -0.478 e. The third-order valence-corrected chi connectivity index (χ3v) is 5.93. The third-order valence-electron chi connectivity index (χ3n) is 5.93. The van der Waals surface area contributed by atoms with Crippen molar-refractivity contribution in [3.63, 3.8) is 0 Å². The predicted octanol–water partition coefficient (Wildman–Crippen LogP) is 4.23. The maximum Gasteiger partial charge on any atom is 0.335 e. The van der Waals surface area contributed by atoms with Gasteiger partial charge in [-0.2, -0.15) is 0 Å². The van der Waals surface area contributed by atoms with E-state index >= 15 is 0 Å². The number of ketones is 1. The Bertz CT molecular complexity index is 1380. The summed E-state index contributed by atoms with van der Waals surface area (Å²) in [6, 6.07) is 18.2. The summed E-state index contributed by atoms with van der Waals surface area (Å²) in [5.41, 5.74) is 9.08. The lowest BCUT2D eigenvalue weighted by molar-refractivity contribution is 0.0695. The van der Waals surface area contributed by atoms with Gasteiger partial charge in [0.2, 0.25) is 0 Å². The van der Waals surface area contributed by atoms with E-state index in [0.29, 0.717) is 17.5 Å². The Morgan fingerprint density at radius 3 is 2.41 bits per heavy atom. The van der Waals surface area contributed by atoms with Crippen LogP contribution in [-0.4, -0.2) is 33.8 Å². The van der Waals surface area contributed by atoms with Crippen molar-refractivity contribution >= 4 is 34.3 Å². The number of hydrogen-bond donors (Lipinski definition) is 4. The van der Waals surface area contributed by atoms with Crippen molar-refractivity contribution in [2.24, 2.45) is 0 Å². The first-order valence-corrected chi connectivity index (χ1v) is 11.0. The number of rotatable bonds is 8. The summed E-state index contributed by atoms with van der Waals surface area (Å²) in [5.74, 6) is -1.95. The van der Waals surface area contributed by atoms with Gasteiger partial charge in [-0.05, 0) is 47.9 Å². The van der Waals surface area contributed by atoms with Gasteiger partial charge in [0.1, 0.15) is 0 Å². The second-order valence-electron chi connectivity index (χ2n) is 8.03. The summed E-state index contributed by atoms with van der Waals surface area (Å²) in [7, 11) is 0. The molecule has 7 nitrogen and oxygen atoms in total. The summed E-state index contributed by atoms with van der Waals surface area (Å²) >= 11 is 0. The largest absolute Gasteiger partial charge is 0.478 e. The second-order valence-corrected chi connectivity index (χ2v) is 8.03. The van der Waals surface area contributed by atoms with Gasteiger partial charge in [-0.25, -0.2) is 4.79 Å². The fourth-order valence-electron chi connectivity index (χ4n) is 4.26. The maximum absolute atomic E-state index is 13.9. The van der Waals surface area contributed by atoms with Crippen LogP contribution in [-0.2, 0) is 12.8 Å². The Morgan fingerprint density at radius 2 is 1.71 bits per heavy atom. The highest BCUT2D eigenvalue weighted by molar-refractivity contribution is 6.10. The van der Waals surface area contributed by atoms with E-state index in [-0.39, 0.29) is 23.2 Å². The van der Waals surface area contributed by atoms with E-state index in [4.69, 9.17) is 5.73 Å². The zero-order chi connectivity index (χ0) is 24.2. The number of amides is 1. The molecule has 172 valence electrons. The highest BCUT2D eigenvalue weighted by atomic mass is 16.4. The van der Waals surface area contributed by atoms with Crippen LogP contribution in [0.5, 0.6) is 0 Å². The van der Waals surface area contributed by atoms with E-state index in [1.165, 1.54) is 12.1 Å². The standard InChI is InChI=1S/C27H25N3O4/c1-2-18-20(27(33)34)12-13-21(28)24(18)25(31)23(30-26(32)16-8-4-3-5-9-16)14-17-15-29-22-11-7-6-10-19(17)22/h3-13,15,23,29H,2,14,28H2,1H3,(H,30,32)(H,33,34)/t23-/m0/s1. The van der Waals surface area contributed by atoms with Crippen molar-refractivity contribution < 1.29 is 19.5 Å². The fourth-order valence-corrected chi connectivity index (χ4v) is 4.26. The molecular weight excluding hydrogens is 430 g/mol. The number of aromatic amines is 1. The number of aromatic carboxylic acids is 1. The maximum atomic E-state index is 13.9. The number of carbonyl (C=O) groups is 3. The van der Waals surface area contributed by atoms with Crippen LogP contribution in [0.3, 0.4) is 0 Å². The highest BCUT2D eigenvalue weighted by Crippen LogP contribution is 2.26. The summed E-state index contributed by atoms with van der Waals surface area (Å²) in [6.45, 7) is 1.77. The number of aromatic nitrogens is 1. The van der Waals surface area contributed by atoms with Crippen LogP contribution in [0, 0.1) is 0 Å². The Morgan fingerprint density at radius 1 is 1.00 bits per heavy atom. The number of hydrogen-bond acceptors (Lipinski definition) is 4. The van der Waals surface area contributed by atoms with E-state index in [2.05, 4.69) is 10.3 Å². The molecule has 3 aromatic carbocycles. The van der Waals surface area contributed by atoms with Crippen LogP contribution >= 0.6 is 0 Å². The van der Waals surface area contributed by atoms with Gasteiger partial charge < -0.3 is 21.1 Å². The van der Waals surface area contributed by atoms with E-state index in [0.717, 1.165) is 16.5 Å². The molecule has 1 heterocycles. The number of carbonyl (C=O) groups excluding carboxylic acids is 2. The number of anilines is 1. The first-order valence-electron chi connectivity index (χ1n) is 11.0. The van der Waals surface area contributed by atoms with Gasteiger partial charge >= 0.3 is 5.97 Å². The average molecular weight is 456 g/mol.